The van der Waals surface area contributed by atoms with Gasteiger partial charge in [0.15, 0.2) is 0 Å². The van der Waals surface area contributed by atoms with E-state index in [4.69, 9.17) is 4.98 Å². The molecule has 0 amide bonds. The SMILES string of the molecule is Cc1cc(-c2nc(-n3cc(-c4cccc(F)c4)c(C)n3)sc2SC(C)C)ccc1C#N. The zero-order valence-electron chi connectivity index (χ0n) is 17.7. The first kappa shape index (κ1) is 21.3. The molecule has 4 nitrogen and oxygen atoms in total. The van der Waals surface area contributed by atoms with Crippen molar-refractivity contribution in [1.82, 2.24) is 14.8 Å². The maximum absolute atomic E-state index is 13.7. The molecule has 0 unspecified atom stereocenters. The van der Waals surface area contributed by atoms with Gasteiger partial charge in [-0.1, -0.05) is 43.4 Å². The Morgan fingerprint density at radius 2 is 1.94 bits per heavy atom. The molecule has 4 aromatic rings. The third-order valence-corrected chi connectivity index (χ3v) is 7.04. The van der Waals surface area contributed by atoms with Crippen LogP contribution in [0.2, 0.25) is 0 Å². The number of hydrogen-bond donors (Lipinski definition) is 0. The molecule has 0 bridgehead atoms. The molecule has 0 aliphatic carbocycles. The Kier molecular flexibility index (Phi) is 5.94. The van der Waals surface area contributed by atoms with Gasteiger partial charge in [-0.3, -0.25) is 0 Å². The first-order chi connectivity index (χ1) is 14.9. The van der Waals surface area contributed by atoms with E-state index in [1.807, 2.05) is 44.3 Å². The van der Waals surface area contributed by atoms with Gasteiger partial charge in [0, 0.05) is 22.6 Å². The maximum Gasteiger partial charge on any atom is 0.211 e. The lowest BCUT2D eigenvalue weighted by Gasteiger charge is -2.06. The lowest BCUT2D eigenvalue weighted by Crippen LogP contribution is -1.94. The number of thiazole rings is 1. The van der Waals surface area contributed by atoms with E-state index >= 15 is 0 Å². The summed E-state index contributed by atoms with van der Waals surface area (Å²) in [4.78, 5) is 4.91. The van der Waals surface area contributed by atoms with Crippen LogP contribution in [0.4, 0.5) is 4.39 Å². The quantitative estimate of drug-likeness (QED) is 0.315. The molecule has 7 heteroatoms. The van der Waals surface area contributed by atoms with E-state index in [0.29, 0.717) is 10.8 Å². The maximum atomic E-state index is 13.7. The van der Waals surface area contributed by atoms with Crippen LogP contribution in [-0.2, 0) is 0 Å². The minimum absolute atomic E-state index is 0.270. The van der Waals surface area contributed by atoms with Gasteiger partial charge < -0.3 is 0 Å². The summed E-state index contributed by atoms with van der Waals surface area (Å²) >= 11 is 3.35. The number of halogens is 1. The van der Waals surface area contributed by atoms with Crippen LogP contribution < -0.4 is 0 Å². The predicted molar refractivity (Wildman–Crippen MR) is 125 cm³/mol. The smallest absolute Gasteiger partial charge is 0.211 e. The van der Waals surface area contributed by atoms with Crippen LogP contribution in [0.5, 0.6) is 0 Å². The highest BCUT2D eigenvalue weighted by Crippen LogP contribution is 2.40. The van der Waals surface area contributed by atoms with E-state index in [1.165, 1.54) is 12.1 Å². The summed E-state index contributed by atoms with van der Waals surface area (Å²) in [6, 6.07) is 14.5. The normalized spacial score (nSPS) is 11.1. The summed E-state index contributed by atoms with van der Waals surface area (Å²) in [5, 5.41) is 15.0. The van der Waals surface area contributed by atoms with Gasteiger partial charge in [0.1, 0.15) is 5.82 Å². The van der Waals surface area contributed by atoms with Crippen molar-refractivity contribution in [1.29, 1.82) is 5.26 Å². The highest BCUT2D eigenvalue weighted by molar-refractivity contribution is 8.01. The van der Waals surface area contributed by atoms with Crippen LogP contribution in [0.1, 0.15) is 30.7 Å². The summed E-state index contributed by atoms with van der Waals surface area (Å²) in [7, 11) is 0. The van der Waals surface area contributed by atoms with E-state index in [0.717, 1.165) is 43.0 Å². The third-order valence-electron chi connectivity index (χ3n) is 4.78. The van der Waals surface area contributed by atoms with Crippen molar-refractivity contribution < 1.29 is 4.39 Å². The molecular weight excluding hydrogens is 427 g/mol. The summed E-state index contributed by atoms with van der Waals surface area (Å²) in [6.07, 6.45) is 1.90. The largest absolute Gasteiger partial charge is 0.217 e. The highest BCUT2D eigenvalue weighted by Gasteiger charge is 2.19. The number of thioether (sulfide) groups is 1. The van der Waals surface area contributed by atoms with Crippen LogP contribution in [0, 0.1) is 31.0 Å². The number of hydrogen-bond acceptors (Lipinski definition) is 5. The summed E-state index contributed by atoms with van der Waals surface area (Å²) in [6.45, 7) is 8.15. The predicted octanol–water partition coefficient (Wildman–Crippen LogP) is 6.79. The molecule has 156 valence electrons. The molecular formula is C24H21FN4S2. The second kappa shape index (κ2) is 8.66. The molecule has 0 aliphatic rings. The molecule has 0 spiro atoms. The van der Waals surface area contributed by atoms with Gasteiger partial charge in [-0.05, 0) is 49.2 Å². The van der Waals surface area contributed by atoms with E-state index in [1.54, 1.807) is 33.8 Å². The molecule has 0 N–H and O–H groups in total. The van der Waals surface area contributed by atoms with E-state index in [9.17, 15) is 9.65 Å². The van der Waals surface area contributed by atoms with Crippen molar-refractivity contribution >= 4 is 23.1 Å². The lowest BCUT2D eigenvalue weighted by atomic mass is 10.0. The fraction of sp³-hybridized carbons (Fsp3) is 0.208. The van der Waals surface area contributed by atoms with Gasteiger partial charge in [-0.15, -0.1) is 11.8 Å². The van der Waals surface area contributed by atoms with Crippen LogP contribution in [0.25, 0.3) is 27.5 Å². The molecule has 4 rings (SSSR count). The molecule has 0 aliphatic heterocycles. The Hall–Kier alpha value is -2.95. The third kappa shape index (κ3) is 4.41. The van der Waals surface area contributed by atoms with E-state index in [-0.39, 0.29) is 5.82 Å². The highest BCUT2D eigenvalue weighted by atomic mass is 32.2. The molecule has 2 aromatic carbocycles. The molecule has 0 fully saturated rings. The van der Waals surface area contributed by atoms with Crippen molar-refractivity contribution in [2.24, 2.45) is 0 Å². The van der Waals surface area contributed by atoms with Crippen molar-refractivity contribution in [2.45, 2.75) is 37.2 Å². The Morgan fingerprint density at radius 3 is 2.61 bits per heavy atom. The average Bonchev–Trinajstić information content (AvgIpc) is 3.31. The number of benzene rings is 2. The first-order valence-corrected chi connectivity index (χ1v) is 11.6. The molecule has 2 heterocycles. The van der Waals surface area contributed by atoms with Gasteiger partial charge >= 0.3 is 0 Å². The van der Waals surface area contributed by atoms with Crippen LogP contribution in [0.3, 0.4) is 0 Å². The van der Waals surface area contributed by atoms with Crippen LogP contribution >= 0.6 is 23.1 Å². The summed E-state index contributed by atoms with van der Waals surface area (Å²) in [5.41, 5.74) is 5.96. The van der Waals surface area contributed by atoms with Gasteiger partial charge in [-0.2, -0.15) is 10.4 Å². The first-order valence-electron chi connectivity index (χ1n) is 9.87. The van der Waals surface area contributed by atoms with Gasteiger partial charge in [0.05, 0.1) is 27.2 Å². The van der Waals surface area contributed by atoms with Gasteiger partial charge in [0.2, 0.25) is 5.13 Å². The van der Waals surface area contributed by atoms with Gasteiger partial charge in [0.25, 0.3) is 0 Å². The zero-order chi connectivity index (χ0) is 22.1. The molecule has 0 saturated carbocycles. The topological polar surface area (TPSA) is 54.5 Å². The number of nitrogens with zero attached hydrogens (tertiary/aromatic N) is 4. The fourth-order valence-corrected chi connectivity index (χ4v) is 5.75. The number of aromatic nitrogens is 3. The second-order valence-corrected chi connectivity index (χ2v) is 10.3. The Labute approximate surface area is 189 Å². The Morgan fingerprint density at radius 1 is 1.13 bits per heavy atom. The molecule has 2 aromatic heterocycles. The van der Waals surface area contributed by atoms with Crippen molar-refractivity contribution in [2.75, 3.05) is 0 Å². The summed E-state index contributed by atoms with van der Waals surface area (Å²) < 4.78 is 16.6. The van der Waals surface area contributed by atoms with E-state index < -0.39 is 0 Å². The fourth-order valence-electron chi connectivity index (χ4n) is 3.30. The molecule has 0 radical (unpaired) electrons. The molecule has 0 atom stereocenters. The van der Waals surface area contributed by atoms with Crippen LogP contribution in [0.15, 0.2) is 52.9 Å². The average molecular weight is 449 g/mol. The van der Waals surface area contributed by atoms with Crippen molar-refractivity contribution in [3.63, 3.8) is 0 Å². The number of rotatable bonds is 5. The summed E-state index contributed by atoms with van der Waals surface area (Å²) in [5.74, 6) is -0.270. The minimum Gasteiger partial charge on any atom is -0.217 e. The Bertz CT molecular complexity index is 1300. The number of aryl methyl sites for hydroxylation is 2. The Balaban J connectivity index is 1.79. The molecule has 0 saturated heterocycles. The monoisotopic (exact) mass is 448 g/mol. The standard InChI is InChI=1S/C24H21FN4S2/c1-14(2)30-23-22(18-8-9-19(12-26)15(3)10-18)27-24(31-23)29-13-21(16(4)28-29)17-6-5-7-20(25)11-17/h5-11,13-14H,1-4H3. The second-order valence-electron chi connectivity index (χ2n) is 7.52. The van der Waals surface area contributed by atoms with Crippen molar-refractivity contribution in [3.8, 4) is 33.6 Å². The van der Waals surface area contributed by atoms with Crippen molar-refractivity contribution in [3.05, 3.63) is 71.3 Å². The zero-order valence-corrected chi connectivity index (χ0v) is 19.3. The number of nitriles is 1. The minimum atomic E-state index is -0.270. The molecule has 31 heavy (non-hydrogen) atoms. The lowest BCUT2D eigenvalue weighted by molar-refractivity contribution is 0.628. The van der Waals surface area contributed by atoms with E-state index in [2.05, 4.69) is 25.0 Å². The van der Waals surface area contributed by atoms with Crippen LogP contribution in [-0.4, -0.2) is 20.0 Å². The van der Waals surface area contributed by atoms with Gasteiger partial charge in [-0.25, -0.2) is 14.1 Å².